The minimum absolute atomic E-state index is 0.0102. The number of nitrogens with zero attached hydrogens (tertiary/aromatic N) is 2. The molecule has 0 saturated heterocycles. The van der Waals surface area contributed by atoms with Crippen LogP contribution in [0.5, 0.6) is 5.75 Å². The van der Waals surface area contributed by atoms with Gasteiger partial charge in [-0.05, 0) is 60.9 Å². The molecule has 1 aromatic heterocycles. The van der Waals surface area contributed by atoms with Crippen LogP contribution in [-0.2, 0) is 19.3 Å². The zero-order valence-electron chi connectivity index (χ0n) is 19.2. The van der Waals surface area contributed by atoms with Crippen molar-refractivity contribution in [1.82, 2.24) is 9.47 Å². The second-order valence-corrected chi connectivity index (χ2v) is 8.78. The van der Waals surface area contributed by atoms with Crippen molar-refractivity contribution in [2.45, 2.75) is 57.4 Å². The van der Waals surface area contributed by atoms with Gasteiger partial charge in [0.1, 0.15) is 5.75 Å². The van der Waals surface area contributed by atoms with Gasteiger partial charge < -0.3 is 14.2 Å². The molecule has 180 valence electrons. The van der Waals surface area contributed by atoms with E-state index in [0.717, 1.165) is 61.2 Å². The molecular formula is C27H29F3N2O2. The Morgan fingerprint density at radius 2 is 1.79 bits per heavy atom. The van der Waals surface area contributed by atoms with Gasteiger partial charge in [0.25, 0.3) is 5.91 Å². The molecule has 0 atom stereocenters. The highest BCUT2D eigenvalue weighted by Gasteiger charge is 2.32. The fraction of sp³-hybridized carbons (Fsp3) is 0.370. The van der Waals surface area contributed by atoms with Gasteiger partial charge in [0.15, 0.2) is 0 Å². The first-order valence-electron chi connectivity index (χ1n) is 11.6. The molecule has 0 unspecified atom stereocenters. The average molecular weight is 471 g/mol. The highest BCUT2D eigenvalue weighted by Crippen LogP contribution is 2.31. The number of alkyl halides is 3. The van der Waals surface area contributed by atoms with Gasteiger partial charge in [0.05, 0.1) is 19.2 Å². The molecule has 0 bridgehead atoms. The Bertz CT molecular complexity index is 1120. The molecule has 4 nitrogen and oxygen atoms in total. The molecule has 1 heterocycles. The standard InChI is InChI=1S/C27H29F3N2O2/c1-34-25-14-5-8-20(16-25)18-31-15-7-13-24(31)19-32(23-11-3-2-4-12-23)26(33)21-9-6-10-22(17-21)27(28,29)30/h5-10,13-17,23H,2-4,11-12,18-19H2,1H3. The summed E-state index contributed by atoms with van der Waals surface area (Å²) in [4.78, 5) is 15.3. The quantitative estimate of drug-likeness (QED) is 0.393. The number of ether oxygens (including phenoxy) is 1. The van der Waals surface area contributed by atoms with E-state index >= 15 is 0 Å². The average Bonchev–Trinajstić information content (AvgIpc) is 3.28. The zero-order chi connectivity index (χ0) is 24.1. The molecule has 1 saturated carbocycles. The van der Waals surface area contributed by atoms with E-state index < -0.39 is 11.7 Å². The molecule has 0 N–H and O–H groups in total. The number of hydrogen-bond donors (Lipinski definition) is 0. The molecular weight excluding hydrogens is 441 g/mol. The predicted octanol–water partition coefficient (Wildman–Crippen LogP) is 6.54. The van der Waals surface area contributed by atoms with Crippen molar-refractivity contribution in [3.05, 3.63) is 89.2 Å². The van der Waals surface area contributed by atoms with Crippen molar-refractivity contribution in [2.75, 3.05) is 7.11 Å². The molecule has 1 amide bonds. The molecule has 7 heteroatoms. The smallest absolute Gasteiger partial charge is 0.416 e. The highest BCUT2D eigenvalue weighted by atomic mass is 19.4. The summed E-state index contributed by atoms with van der Waals surface area (Å²) in [5, 5.41) is 0. The van der Waals surface area contributed by atoms with Gasteiger partial charge in [0.2, 0.25) is 0 Å². The molecule has 34 heavy (non-hydrogen) atoms. The molecule has 0 aliphatic heterocycles. The summed E-state index contributed by atoms with van der Waals surface area (Å²) in [6.07, 6.45) is 2.35. The third kappa shape index (κ3) is 5.64. The molecule has 1 aliphatic rings. The van der Waals surface area contributed by atoms with Gasteiger partial charge >= 0.3 is 6.18 Å². The van der Waals surface area contributed by atoms with Crippen molar-refractivity contribution in [2.24, 2.45) is 0 Å². The van der Waals surface area contributed by atoms with Crippen LogP contribution >= 0.6 is 0 Å². The van der Waals surface area contributed by atoms with Crippen molar-refractivity contribution in [3.8, 4) is 5.75 Å². The van der Waals surface area contributed by atoms with Crippen LogP contribution in [0.15, 0.2) is 66.9 Å². The zero-order valence-corrected chi connectivity index (χ0v) is 19.2. The summed E-state index contributed by atoms with van der Waals surface area (Å²) < 4.78 is 47.2. The van der Waals surface area contributed by atoms with Gasteiger partial charge in [-0.15, -0.1) is 0 Å². The van der Waals surface area contributed by atoms with Crippen LogP contribution in [0.1, 0.15) is 59.3 Å². The summed E-state index contributed by atoms with van der Waals surface area (Å²) in [5.41, 5.74) is 1.27. The van der Waals surface area contributed by atoms with E-state index in [4.69, 9.17) is 4.74 Å². The number of hydrogen-bond acceptors (Lipinski definition) is 2. The van der Waals surface area contributed by atoms with Crippen LogP contribution in [0.25, 0.3) is 0 Å². The molecule has 1 fully saturated rings. The topological polar surface area (TPSA) is 34.5 Å². The molecule has 4 rings (SSSR count). The Labute approximate surface area is 198 Å². The number of rotatable bonds is 7. The van der Waals surface area contributed by atoms with Crippen molar-refractivity contribution >= 4 is 5.91 Å². The molecule has 3 aromatic rings. The number of amides is 1. The Kier molecular flexibility index (Phi) is 7.29. The van der Waals surface area contributed by atoms with Crippen molar-refractivity contribution < 1.29 is 22.7 Å². The number of aromatic nitrogens is 1. The summed E-state index contributed by atoms with van der Waals surface area (Å²) in [5.74, 6) is 0.418. The van der Waals surface area contributed by atoms with E-state index in [9.17, 15) is 18.0 Å². The minimum Gasteiger partial charge on any atom is -0.497 e. The van der Waals surface area contributed by atoms with Crippen LogP contribution in [0.4, 0.5) is 13.2 Å². The lowest BCUT2D eigenvalue weighted by atomic mass is 9.93. The van der Waals surface area contributed by atoms with E-state index in [1.165, 1.54) is 12.1 Å². The Hall–Kier alpha value is -3.22. The normalized spacial score (nSPS) is 14.7. The van der Waals surface area contributed by atoms with Crippen LogP contribution in [0.3, 0.4) is 0 Å². The number of halogens is 3. The Morgan fingerprint density at radius 1 is 1.03 bits per heavy atom. The molecule has 2 aromatic carbocycles. The fourth-order valence-electron chi connectivity index (χ4n) is 4.64. The van der Waals surface area contributed by atoms with Crippen LogP contribution in [0, 0.1) is 0 Å². The third-order valence-corrected chi connectivity index (χ3v) is 6.46. The summed E-state index contributed by atoms with van der Waals surface area (Å²) >= 11 is 0. The first kappa shape index (κ1) is 23.9. The maximum Gasteiger partial charge on any atom is 0.416 e. The monoisotopic (exact) mass is 470 g/mol. The van der Waals surface area contributed by atoms with Crippen molar-refractivity contribution in [1.29, 1.82) is 0 Å². The van der Waals surface area contributed by atoms with Gasteiger partial charge in [0, 0.05) is 30.0 Å². The fourth-order valence-corrected chi connectivity index (χ4v) is 4.64. The number of methoxy groups -OCH3 is 1. The number of carbonyl (C=O) groups excluding carboxylic acids is 1. The van der Waals surface area contributed by atoms with Gasteiger partial charge in [-0.1, -0.05) is 37.5 Å². The molecule has 0 radical (unpaired) electrons. The first-order valence-corrected chi connectivity index (χ1v) is 11.6. The summed E-state index contributed by atoms with van der Waals surface area (Å²) in [6.45, 7) is 0.951. The van der Waals surface area contributed by atoms with Gasteiger partial charge in [-0.2, -0.15) is 13.2 Å². The second kappa shape index (κ2) is 10.4. The van der Waals surface area contributed by atoms with E-state index in [2.05, 4.69) is 4.57 Å². The second-order valence-electron chi connectivity index (χ2n) is 8.78. The number of carbonyl (C=O) groups is 1. The van der Waals surface area contributed by atoms with E-state index in [1.54, 1.807) is 12.0 Å². The van der Waals surface area contributed by atoms with Gasteiger partial charge in [-0.3, -0.25) is 4.79 Å². The largest absolute Gasteiger partial charge is 0.497 e. The minimum atomic E-state index is -4.49. The predicted molar refractivity (Wildman–Crippen MR) is 125 cm³/mol. The van der Waals surface area contributed by atoms with Crippen LogP contribution in [0.2, 0.25) is 0 Å². The van der Waals surface area contributed by atoms with E-state index in [0.29, 0.717) is 13.1 Å². The molecule has 0 spiro atoms. The van der Waals surface area contributed by atoms with E-state index in [1.807, 2.05) is 42.6 Å². The lowest BCUT2D eigenvalue weighted by Crippen LogP contribution is -2.41. The van der Waals surface area contributed by atoms with Crippen LogP contribution < -0.4 is 4.74 Å². The Morgan fingerprint density at radius 3 is 2.53 bits per heavy atom. The van der Waals surface area contributed by atoms with Crippen LogP contribution in [-0.4, -0.2) is 28.5 Å². The lowest BCUT2D eigenvalue weighted by molar-refractivity contribution is -0.137. The molecule has 1 aliphatic carbocycles. The SMILES string of the molecule is COc1cccc(Cn2cccc2CN(C(=O)c2cccc(C(F)(F)F)c2)C2CCCCC2)c1. The third-order valence-electron chi connectivity index (χ3n) is 6.46. The maximum absolute atomic E-state index is 13.5. The van der Waals surface area contributed by atoms with Gasteiger partial charge in [-0.25, -0.2) is 0 Å². The first-order chi connectivity index (χ1) is 16.3. The summed E-state index contributed by atoms with van der Waals surface area (Å²) in [7, 11) is 1.63. The van der Waals surface area contributed by atoms with Crippen molar-refractivity contribution in [3.63, 3.8) is 0 Å². The lowest BCUT2D eigenvalue weighted by Gasteiger charge is -2.35. The highest BCUT2D eigenvalue weighted by molar-refractivity contribution is 5.94. The number of benzene rings is 2. The van der Waals surface area contributed by atoms with E-state index in [-0.39, 0.29) is 17.5 Å². The maximum atomic E-state index is 13.5. The Balaban J connectivity index is 1.61. The summed E-state index contributed by atoms with van der Waals surface area (Å²) in [6, 6.07) is 16.5.